The summed E-state index contributed by atoms with van der Waals surface area (Å²) in [5, 5.41) is 15.6. The van der Waals surface area contributed by atoms with Crippen molar-refractivity contribution in [2.24, 2.45) is 5.92 Å². The summed E-state index contributed by atoms with van der Waals surface area (Å²) in [7, 11) is 0. The number of amides is 1. The molecule has 1 aromatic heterocycles. The third-order valence-electron chi connectivity index (χ3n) is 4.20. The Morgan fingerprint density at radius 3 is 2.92 bits per heavy atom. The Bertz CT molecular complexity index is 885. The number of nitriles is 1. The van der Waals surface area contributed by atoms with E-state index in [1.807, 2.05) is 0 Å². The molecule has 0 aliphatic heterocycles. The number of benzene rings is 1. The molecule has 128 valence electrons. The molecular formula is C18H16FN3OS2. The molecule has 1 atom stereocenters. The van der Waals surface area contributed by atoms with Gasteiger partial charge in [-0.05, 0) is 55.1 Å². The van der Waals surface area contributed by atoms with Crippen LogP contribution < -0.4 is 10.6 Å². The van der Waals surface area contributed by atoms with E-state index >= 15 is 0 Å². The van der Waals surface area contributed by atoms with Crippen LogP contribution in [0, 0.1) is 23.1 Å². The van der Waals surface area contributed by atoms with Crippen molar-refractivity contribution in [3.8, 4) is 6.07 Å². The fourth-order valence-corrected chi connectivity index (χ4v) is 4.53. The Hall–Kier alpha value is -2.30. The number of nitrogens with zero attached hydrogens (tertiary/aromatic N) is 1. The number of fused-ring (bicyclic) bond motifs is 1. The zero-order chi connectivity index (χ0) is 18.0. The Balaban J connectivity index is 1.75. The molecule has 1 aliphatic carbocycles. The second-order valence-electron chi connectivity index (χ2n) is 6.06. The predicted octanol–water partition coefficient (Wildman–Crippen LogP) is 4.01. The van der Waals surface area contributed by atoms with Crippen molar-refractivity contribution < 1.29 is 9.18 Å². The number of anilines is 1. The maximum Gasteiger partial charge on any atom is 0.260 e. The maximum absolute atomic E-state index is 13.7. The molecule has 0 fully saturated rings. The molecule has 0 radical (unpaired) electrons. The number of halogens is 1. The van der Waals surface area contributed by atoms with Gasteiger partial charge in [-0.2, -0.15) is 5.26 Å². The summed E-state index contributed by atoms with van der Waals surface area (Å²) >= 11 is 6.66. The number of rotatable bonds is 2. The lowest BCUT2D eigenvalue weighted by molar-refractivity contribution is 0.0974. The molecule has 4 nitrogen and oxygen atoms in total. The van der Waals surface area contributed by atoms with Crippen LogP contribution in [-0.4, -0.2) is 11.0 Å². The fraction of sp³-hybridized carbons (Fsp3) is 0.278. The fourth-order valence-electron chi connectivity index (χ4n) is 2.91. The van der Waals surface area contributed by atoms with Crippen molar-refractivity contribution in [1.29, 1.82) is 5.26 Å². The van der Waals surface area contributed by atoms with Gasteiger partial charge in [-0.1, -0.05) is 19.1 Å². The number of hydrogen-bond acceptors (Lipinski definition) is 4. The molecule has 0 spiro atoms. The first-order valence-corrected chi connectivity index (χ1v) is 9.13. The second-order valence-corrected chi connectivity index (χ2v) is 7.57. The summed E-state index contributed by atoms with van der Waals surface area (Å²) < 4.78 is 13.7. The van der Waals surface area contributed by atoms with E-state index in [1.165, 1.54) is 34.4 Å². The van der Waals surface area contributed by atoms with Gasteiger partial charge in [-0.15, -0.1) is 11.3 Å². The van der Waals surface area contributed by atoms with Crippen LogP contribution in [0.5, 0.6) is 0 Å². The van der Waals surface area contributed by atoms with Crippen LogP contribution in [0.1, 0.15) is 39.7 Å². The van der Waals surface area contributed by atoms with Gasteiger partial charge >= 0.3 is 0 Å². The average Bonchev–Trinajstić information content (AvgIpc) is 2.90. The van der Waals surface area contributed by atoms with E-state index < -0.39 is 11.7 Å². The van der Waals surface area contributed by atoms with Gasteiger partial charge in [0.2, 0.25) is 0 Å². The summed E-state index contributed by atoms with van der Waals surface area (Å²) in [6.07, 6.45) is 2.89. The van der Waals surface area contributed by atoms with E-state index in [0.29, 0.717) is 16.5 Å². The largest absolute Gasteiger partial charge is 0.323 e. The maximum atomic E-state index is 13.7. The van der Waals surface area contributed by atoms with Gasteiger partial charge in [0.25, 0.3) is 5.91 Å². The van der Waals surface area contributed by atoms with E-state index in [1.54, 1.807) is 6.07 Å². The van der Waals surface area contributed by atoms with Crippen LogP contribution in [0.15, 0.2) is 24.3 Å². The van der Waals surface area contributed by atoms with Crippen LogP contribution in [-0.2, 0) is 12.8 Å². The number of carbonyl (C=O) groups excluding carboxylic acids is 1. The van der Waals surface area contributed by atoms with E-state index in [9.17, 15) is 14.4 Å². The first kappa shape index (κ1) is 17.5. The quantitative estimate of drug-likeness (QED) is 0.781. The van der Waals surface area contributed by atoms with Gasteiger partial charge in [0.05, 0.1) is 11.1 Å². The van der Waals surface area contributed by atoms with E-state index in [-0.39, 0.29) is 10.7 Å². The third-order valence-corrected chi connectivity index (χ3v) is 5.57. The molecule has 2 aromatic rings. The van der Waals surface area contributed by atoms with E-state index in [0.717, 1.165) is 24.8 Å². The van der Waals surface area contributed by atoms with Gasteiger partial charge in [-0.25, -0.2) is 4.39 Å². The molecule has 1 amide bonds. The van der Waals surface area contributed by atoms with Gasteiger partial charge in [0.1, 0.15) is 16.9 Å². The van der Waals surface area contributed by atoms with E-state index in [2.05, 4.69) is 23.6 Å². The highest BCUT2D eigenvalue weighted by Gasteiger charge is 2.24. The van der Waals surface area contributed by atoms with Crippen molar-refractivity contribution in [3.05, 3.63) is 51.7 Å². The Kier molecular flexibility index (Phi) is 5.11. The third kappa shape index (κ3) is 3.70. The molecular weight excluding hydrogens is 357 g/mol. The Morgan fingerprint density at radius 1 is 1.44 bits per heavy atom. The minimum absolute atomic E-state index is 0.0522. The van der Waals surface area contributed by atoms with Gasteiger partial charge in [0, 0.05) is 4.88 Å². The molecule has 7 heteroatoms. The topological polar surface area (TPSA) is 64.9 Å². The molecule has 1 aliphatic rings. The standard InChI is InChI=1S/C18H16FN3OS2/c1-10-6-7-11-13(9-20)17(25-15(11)8-10)22-18(24)21-16(23)12-4-2-3-5-14(12)19/h2-5,10H,6-8H2,1H3,(H2,21,22,23,24)/t10-/m1/s1. The Labute approximate surface area is 154 Å². The number of hydrogen-bond donors (Lipinski definition) is 2. The normalized spacial score (nSPS) is 15.8. The highest BCUT2D eigenvalue weighted by molar-refractivity contribution is 7.80. The molecule has 0 saturated carbocycles. The lowest BCUT2D eigenvalue weighted by Gasteiger charge is -2.17. The van der Waals surface area contributed by atoms with Crippen LogP contribution >= 0.6 is 23.6 Å². The second kappa shape index (κ2) is 7.30. The monoisotopic (exact) mass is 373 g/mol. The average molecular weight is 373 g/mol. The Morgan fingerprint density at radius 2 is 2.20 bits per heavy atom. The molecule has 0 bridgehead atoms. The molecule has 2 N–H and O–H groups in total. The van der Waals surface area contributed by atoms with Gasteiger partial charge in [-0.3, -0.25) is 10.1 Å². The molecule has 25 heavy (non-hydrogen) atoms. The summed E-state index contributed by atoms with van der Waals surface area (Å²) in [6, 6.07) is 7.93. The van der Waals surface area contributed by atoms with Crippen molar-refractivity contribution in [3.63, 3.8) is 0 Å². The predicted molar refractivity (Wildman–Crippen MR) is 100 cm³/mol. The summed E-state index contributed by atoms with van der Waals surface area (Å²) in [5.41, 5.74) is 1.59. The summed E-state index contributed by atoms with van der Waals surface area (Å²) in [6.45, 7) is 2.20. The number of carbonyl (C=O) groups is 1. The lowest BCUT2D eigenvalue weighted by atomic mass is 9.89. The first-order chi connectivity index (χ1) is 12.0. The van der Waals surface area contributed by atoms with Gasteiger partial charge < -0.3 is 5.32 Å². The lowest BCUT2D eigenvalue weighted by Crippen LogP contribution is -2.34. The number of nitrogens with one attached hydrogen (secondary N) is 2. The summed E-state index contributed by atoms with van der Waals surface area (Å²) in [5.74, 6) is -0.636. The SMILES string of the molecule is C[C@@H]1CCc2c(sc(NC(=S)NC(=O)c3ccccc3F)c2C#N)C1. The zero-order valence-electron chi connectivity index (χ0n) is 13.6. The molecule has 1 heterocycles. The minimum atomic E-state index is -0.621. The highest BCUT2D eigenvalue weighted by atomic mass is 32.1. The minimum Gasteiger partial charge on any atom is -0.323 e. The first-order valence-electron chi connectivity index (χ1n) is 7.91. The molecule has 3 rings (SSSR count). The van der Waals surface area contributed by atoms with Crippen LogP contribution in [0.4, 0.5) is 9.39 Å². The van der Waals surface area contributed by atoms with Crippen LogP contribution in [0.2, 0.25) is 0 Å². The van der Waals surface area contributed by atoms with E-state index in [4.69, 9.17) is 12.2 Å². The number of thiophene rings is 1. The molecule has 0 unspecified atom stereocenters. The zero-order valence-corrected chi connectivity index (χ0v) is 15.2. The molecule has 0 saturated heterocycles. The highest BCUT2D eigenvalue weighted by Crippen LogP contribution is 2.39. The van der Waals surface area contributed by atoms with Crippen LogP contribution in [0.3, 0.4) is 0 Å². The van der Waals surface area contributed by atoms with Crippen LogP contribution in [0.25, 0.3) is 0 Å². The van der Waals surface area contributed by atoms with Gasteiger partial charge in [0.15, 0.2) is 5.11 Å². The summed E-state index contributed by atoms with van der Waals surface area (Å²) in [4.78, 5) is 13.3. The van der Waals surface area contributed by atoms with Crippen molar-refractivity contribution in [2.75, 3.05) is 5.32 Å². The van der Waals surface area contributed by atoms with Crippen molar-refractivity contribution in [1.82, 2.24) is 5.32 Å². The van der Waals surface area contributed by atoms with Crippen molar-refractivity contribution in [2.45, 2.75) is 26.2 Å². The number of thiocarbonyl (C=S) groups is 1. The smallest absolute Gasteiger partial charge is 0.260 e. The molecule has 1 aromatic carbocycles. The van der Waals surface area contributed by atoms with Crippen molar-refractivity contribution >= 4 is 39.6 Å².